The van der Waals surface area contributed by atoms with Crippen molar-refractivity contribution >= 4 is 5.91 Å². The highest BCUT2D eigenvalue weighted by Crippen LogP contribution is 2.27. The molecule has 1 N–H and O–H groups in total. The zero-order chi connectivity index (χ0) is 18.9. The van der Waals surface area contributed by atoms with Crippen LogP contribution in [0, 0.1) is 6.92 Å². The molecule has 0 unspecified atom stereocenters. The number of hydrogen-bond donors (Lipinski definition) is 1. The Morgan fingerprint density at radius 1 is 1.04 bits per heavy atom. The molecule has 0 saturated heterocycles. The minimum atomic E-state index is -0.591. The molecule has 0 aliphatic heterocycles. The third-order valence-electron chi connectivity index (χ3n) is 3.97. The normalized spacial score (nSPS) is 12.8. The fraction of sp³-hybridized carbons (Fsp3) is 0.381. The predicted octanol–water partition coefficient (Wildman–Crippen LogP) is 3.74. The zero-order valence-corrected chi connectivity index (χ0v) is 15.8. The van der Waals surface area contributed by atoms with Crippen LogP contribution in [0.3, 0.4) is 0 Å². The molecule has 5 nitrogen and oxygen atoms in total. The SMILES string of the molecule is CC[C@H](Oc1ccccc1OC)C(=O)N[C@@H](C)COc1ccccc1C. The number of benzene rings is 2. The van der Waals surface area contributed by atoms with E-state index in [-0.39, 0.29) is 11.9 Å². The maximum Gasteiger partial charge on any atom is 0.261 e. The summed E-state index contributed by atoms with van der Waals surface area (Å²) in [5.41, 5.74) is 1.07. The number of para-hydroxylation sites is 3. The number of aryl methyl sites for hydroxylation is 1. The number of methoxy groups -OCH3 is 1. The van der Waals surface area contributed by atoms with Crippen LogP contribution in [0.2, 0.25) is 0 Å². The lowest BCUT2D eigenvalue weighted by molar-refractivity contribution is -0.129. The van der Waals surface area contributed by atoms with Crippen LogP contribution < -0.4 is 19.5 Å². The minimum Gasteiger partial charge on any atom is -0.493 e. The quantitative estimate of drug-likeness (QED) is 0.743. The molecule has 0 saturated carbocycles. The van der Waals surface area contributed by atoms with E-state index >= 15 is 0 Å². The Morgan fingerprint density at radius 3 is 2.27 bits per heavy atom. The number of ether oxygens (including phenoxy) is 3. The van der Waals surface area contributed by atoms with Gasteiger partial charge in [0.2, 0.25) is 0 Å². The van der Waals surface area contributed by atoms with E-state index in [0.717, 1.165) is 11.3 Å². The van der Waals surface area contributed by atoms with Crippen molar-refractivity contribution in [1.29, 1.82) is 0 Å². The van der Waals surface area contributed by atoms with Gasteiger partial charge in [0.25, 0.3) is 5.91 Å². The summed E-state index contributed by atoms with van der Waals surface area (Å²) in [5.74, 6) is 1.82. The maximum atomic E-state index is 12.5. The van der Waals surface area contributed by atoms with Crippen molar-refractivity contribution in [3.63, 3.8) is 0 Å². The number of amides is 1. The molecular weight excluding hydrogens is 330 g/mol. The zero-order valence-electron chi connectivity index (χ0n) is 15.8. The van der Waals surface area contributed by atoms with Crippen LogP contribution >= 0.6 is 0 Å². The lowest BCUT2D eigenvalue weighted by atomic mass is 10.2. The second kappa shape index (κ2) is 9.70. The summed E-state index contributed by atoms with van der Waals surface area (Å²) in [6, 6.07) is 15.0. The van der Waals surface area contributed by atoms with Gasteiger partial charge in [-0.2, -0.15) is 0 Å². The molecule has 0 bridgehead atoms. The van der Waals surface area contributed by atoms with Gasteiger partial charge in [-0.15, -0.1) is 0 Å². The first-order valence-electron chi connectivity index (χ1n) is 8.83. The molecular formula is C21H27NO4. The van der Waals surface area contributed by atoms with Crippen LogP contribution in [0.25, 0.3) is 0 Å². The summed E-state index contributed by atoms with van der Waals surface area (Å²) in [5, 5.41) is 2.95. The van der Waals surface area contributed by atoms with Crippen LogP contribution in [-0.2, 0) is 4.79 Å². The third-order valence-corrected chi connectivity index (χ3v) is 3.97. The van der Waals surface area contributed by atoms with Gasteiger partial charge in [0, 0.05) is 0 Å². The van der Waals surface area contributed by atoms with Crippen molar-refractivity contribution in [1.82, 2.24) is 5.32 Å². The third kappa shape index (κ3) is 5.41. The minimum absolute atomic E-state index is 0.141. The van der Waals surface area contributed by atoms with Gasteiger partial charge in [-0.05, 0) is 44.0 Å². The molecule has 0 aliphatic carbocycles. The lowest BCUT2D eigenvalue weighted by Gasteiger charge is -2.21. The fourth-order valence-corrected chi connectivity index (χ4v) is 2.50. The number of nitrogens with one attached hydrogen (secondary N) is 1. The molecule has 5 heteroatoms. The first kappa shape index (κ1) is 19.6. The summed E-state index contributed by atoms with van der Waals surface area (Å²) in [6.07, 6.45) is -0.0397. The van der Waals surface area contributed by atoms with E-state index in [2.05, 4.69) is 5.32 Å². The van der Waals surface area contributed by atoms with Crippen LogP contribution in [0.5, 0.6) is 17.2 Å². The second-order valence-corrected chi connectivity index (χ2v) is 6.15. The number of rotatable bonds is 9. The molecule has 0 aromatic heterocycles. The van der Waals surface area contributed by atoms with E-state index in [1.54, 1.807) is 19.2 Å². The Labute approximate surface area is 155 Å². The molecule has 0 spiro atoms. The van der Waals surface area contributed by atoms with E-state index in [0.29, 0.717) is 24.5 Å². The Kier molecular flexibility index (Phi) is 7.33. The number of hydrogen-bond acceptors (Lipinski definition) is 4. The summed E-state index contributed by atoms with van der Waals surface area (Å²) < 4.78 is 16.9. The van der Waals surface area contributed by atoms with Gasteiger partial charge in [-0.25, -0.2) is 0 Å². The molecule has 1 amide bonds. The Hall–Kier alpha value is -2.69. The van der Waals surface area contributed by atoms with Crippen LogP contribution in [0.15, 0.2) is 48.5 Å². The van der Waals surface area contributed by atoms with Gasteiger partial charge in [0.15, 0.2) is 17.6 Å². The van der Waals surface area contributed by atoms with E-state index < -0.39 is 6.10 Å². The Balaban J connectivity index is 1.90. The Bertz CT molecular complexity index is 717. The fourth-order valence-electron chi connectivity index (χ4n) is 2.50. The van der Waals surface area contributed by atoms with Crippen LogP contribution in [0.1, 0.15) is 25.8 Å². The second-order valence-electron chi connectivity index (χ2n) is 6.15. The molecule has 0 heterocycles. The van der Waals surface area contributed by atoms with Gasteiger partial charge < -0.3 is 19.5 Å². The standard InChI is InChI=1S/C21H27NO4/c1-5-17(26-20-13-9-8-12-19(20)24-4)21(23)22-16(3)14-25-18-11-7-6-10-15(18)2/h6-13,16-17H,5,14H2,1-4H3,(H,22,23)/t16-,17-/m0/s1. The van der Waals surface area contributed by atoms with Crippen molar-refractivity contribution in [3.8, 4) is 17.2 Å². The van der Waals surface area contributed by atoms with Crippen molar-refractivity contribution in [2.24, 2.45) is 0 Å². The van der Waals surface area contributed by atoms with E-state index in [9.17, 15) is 4.79 Å². The highest BCUT2D eigenvalue weighted by atomic mass is 16.5. The van der Waals surface area contributed by atoms with Gasteiger partial charge in [-0.3, -0.25) is 4.79 Å². The van der Waals surface area contributed by atoms with Gasteiger partial charge in [0.1, 0.15) is 12.4 Å². The van der Waals surface area contributed by atoms with E-state index in [1.165, 1.54) is 0 Å². The lowest BCUT2D eigenvalue weighted by Crippen LogP contribution is -2.44. The van der Waals surface area contributed by atoms with Crippen molar-refractivity contribution in [3.05, 3.63) is 54.1 Å². The molecule has 0 fully saturated rings. The highest BCUT2D eigenvalue weighted by molar-refractivity contribution is 5.81. The first-order valence-corrected chi connectivity index (χ1v) is 8.83. The summed E-state index contributed by atoms with van der Waals surface area (Å²) in [7, 11) is 1.58. The largest absolute Gasteiger partial charge is 0.493 e. The van der Waals surface area contributed by atoms with Gasteiger partial charge >= 0.3 is 0 Å². The Morgan fingerprint density at radius 2 is 1.65 bits per heavy atom. The molecule has 0 radical (unpaired) electrons. The average molecular weight is 357 g/mol. The van der Waals surface area contributed by atoms with Crippen molar-refractivity contribution in [2.75, 3.05) is 13.7 Å². The number of carbonyl (C=O) groups is 1. The molecule has 26 heavy (non-hydrogen) atoms. The average Bonchev–Trinajstić information content (AvgIpc) is 2.65. The maximum absolute atomic E-state index is 12.5. The smallest absolute Gasteiger partial charge is 0.261 e. The monoisotopic (exact) mass is 357 g/mol. The van der Waals surface area contributed by atoms with Crippen molar-refractivity contribution < 1.29 is 19.0 Å². The molecule has 0 aliphatic rings. The summed E-state index contributed by atoms with van der Waals surface area (Å²) in [6.45, 7) is 6.20. The summed E-state index contributed by atoms with van der Waals surface area (Å²) in [4.78, 5) is 12.5. The molecule has 2 rings (SSSR count). The van der Waals surface area contributed by atoms with Crippen LogP contribution in [-0.4, -0.2) is 31.8 Å². The summed E-state index contributed by atoms with van der Waals surface area (Å²) >= 11 is 0. The van der Waals surface area contributed by atoms with Gasteiger partial charge in [0.05, 0.1) is 13.2 Å². The highest BCUT2D eigenvalue weighted by Gasteiger charge is 2.21. The van der Waals surface area contributed by atoms with Gasteiger partial charge in [-0.1, -0.05) is 37.3 Å². The first-order chi connectivity index (χ1) is 12.5. The topological polar surface area (TPSA) is 56.8 Å². The predicted molar refractivity (Wildman–Crippen MR) is 102 cm³/mol. The van der Waals surface area contributed by atoms with Crippen LogP contribution in [0.4, 0.5) is 0 Å². The van der Waals surface area contributed by atoms with Crippen molar-refractivity contribution in [2.45, 2.75) is 39.3 Å². The van der Waals surface area contributed by atoms with E-state index in [4.69, 9.17) is 14.2 Å². The molecule has 2 atom stereocenters. The molecule has 2 aromatic rings. The number of carbonyl (C=O) groups excluding carboxylic acids is 1. The molecule has 140 valence electrons. The van der Waals surface area contributed by atoms with E-state index in [1.807, 2.05) is 57.2 Å². The molecule has 2 aromatic carbocycles.